The van der Waals surface area contributed by atoms with Crippen LogP contribution in [-0.2, 0) is 4.79 Å². The van der Waals surface area contributed by atoms with E-state index in [1.165, 1.54) is 0 Å². The first kappa shape index (κ1) is 14.7. The second kappa shape index (κ2) is 6.52. The zero-order valence-electron chi connectivity index (χ0n) is 9.54. The first-order chi connectivity index (χ1) is 7.91. The topological polar surface area (TPSA) is 63.3 Å². The number of hydrogen-bond acceptors (Lipinski definition) is 2. The summed E-state index contributed by atoms with van der Waals surface area (Å²) in [6.45, 7) is 2.01. The number of carboxylic acids is 1. The maximum Gasteiger partial charge on any atom is 0.303 e. The van der Waals surface area contributed by atoms with Gasteiger partial charge in [-0.1, -0.05) is 31.9 Å². The number of rotatable bonds is 5. The van der Waals surface area contributed by atoms with Crippen LogP contribution in [0.2, 0.25) is 0 Å². The molecule has 0 spiro atoms. The molecule has 0 aliphatic carbocycles. The van der Waals surface area contributed by atoms with Gasteiger partial charge in [-0.25, -0.2) is 0 Å². The molecule has 94 valence electrons. The van der Waals surface area contributed by atoms with E-state index in [2.05, 4.69) is 31.9 Å². The minimum absolute atomic E-state index is 0.138. The minimum atomic E-state index is -0.777. The Labute approximate surface area is 118 Å². The first-order valence-corrected chi connectivity index (χ1v) is 6.93. The SMILES string of the molecule is Cc1cc(Br)c(C(N)CCCC(=O)O)cc1Br. The molecule has 0 aromatic heterocycles. The second-order valence-corrected chi connectivity index (χ2v) is 5.72. The average Bonchev–Trinajstić information content (AvgIpc) is 2.22. The Bertz CT molecular complexity index is 421. The van der Waals surface area contributed by atoms with E-state index in [4.69, 9.17) is 10.8 Å². The maximum atomic E-state index is 10.4. The van der Waals surface area contributed by atoms with Gasteiger partial charge in [0.2, 0.25) is 0 Å². The molecule has 0 aliphatic rings. The minimum Gasteiger partial charge on any atom is -0.481 e. The molecule has 1 aromatic rings. The molecule has 0 heterocycles. The molecule has 5 heteroatoms. The first-order valence-electron chi connectivity index (χ1n) is 5.34. The fourth-order valence-electron chi connectivity index (χ4n) is 1.57. The monoisotopic (exact) mass is 363 g/mol. The summed E-state index contributed by atoms with van der Waals surface area (Å²) in [7, 11) is 0. The molecular weight excluding hydrogens is 350 g/mol. The molecule has 0 saturated heterocycles. The van der Waals surface area contributed by atoms with E-state index in [-0.39, 0.29) is 12.5 Å². The van der Waals surface area contributed by atoms with Gasteiger partial charge in [-0.05, 0) is 43.0 Å². The Kier molecular flexibility index (Phi) is 5.62. The number of hydrogen-bond donors (Lipinski definition) is 2. The van der Waals surface area contributed by atoms with Crippen LogP contribution in [0.3, 0.4) is 0 Å². The quantitative estimate of drug-likeness (QED) is 0.835. The van der Waals surface area contributed by atoms with Crippen molar-refractivity contribution in [1.29, 1.82) is 0 Å². The van der Waals surface area contributed by atoms with Crippen LogP contribution < -0.4 is 5.73 Å². The third kappa shape index (κ3) is 4.41. The predicted octanol–water partition coefficient (Wildman–Crippen LogP) is 3.77. The molecule has 3 N–H and O–H groups in total. The zero-order valence-corrected chi connectivity index (χ0v) is 12.7. The van der Waals surface area contributed by atoms with Crippen LogP contribution in [-0.4, -0.2) is 11.1 Å². The largest absolute Gasteiger partial charge is 0.481 e. The molecule has 0 saturated carbocycles. The molecule has 1 aromatic carbocycles. The maximum absolute atomic E-state index is 10.4. The van der Waals surface area contributed by atoms with Gasteiger partial charge in [-0.2, -0.15) is 0 Å². The van der Waals surface area contributed by atoms with Gasteiger partial charge >= 0.3 is 5.97 Å². The van der Waals surface area contributed by atoms with Gasteiger partial charge in [-0.3, -0.25) is 4.79 Å². The summed E-state index contributed by atoms with van der Waals surface area (Å²) >= 11 is 6.95. The Hall–Kier alpha value is -0.390. The molecule has 0 radical (unpaired) electrons. The van der Waals surface area contributed by atoms with Gasteiger partial charge in [0, 0.05) is 21.4 Å². The summed E-state index contributed by atoms with van der Waals surface area (Å²) in [6.07, 6.45) is 1.42. The molecule has 0 aliphatic heterocycles. The number of carbonyl (C=O) groups is 1. The summed E-state index contributed by atoms with van der Waals surface area (Å²) in [5, 5.41) is 8.57. The van der Waals surface area contributed by atoms with Crippen molar-refractivity contribution < 1.29 is 9.90 Å². The van der Waals surface area contributed by atoms with Gasteiger partial charge in [0.25, 0.3) is 0 Å². The zero-order chi connectivity index (χ0) is 13.0. The third-order valence-electron chi connectivity index (χ3n) is 2.58. The van der Waals surface area contributed by atoms with Crippen LogP contribution in [0.1, 0.15) is 36.4 Å². The summed E-state index contributed by atoms with van der Waals surface area (Å²) in [5.41, 5.74) is 8.20. The van der Waals surface area contributed by atoms with Gasteiger partial charge in [0.1, 0.15) is 0 Å². The second-order valence-electron chi connectivity index (χ2n) is 4.02. The fourth-order valence-corrected chi connectivity index (χ4v) is 2.69. The number of carboxylic acid groups (broad SMARTS) is 1. The summed E-state index contributed by atoms with van der Waals surface area (Å²) in [4.78, 5) is 10.4. The van der Waals surface area contributed by atoms with Crippen molar-refractivity contribution in [2.75, 3.05) is 0 Å². The lowest BCUT2D eigenvalue weighted by molar-refractivity contribution is -0.137. The van der Waals surface area contributed by atoms with Crippen molar-refractivity contribution >= 4 is 37.8 Å². The smallest absolute Gasteiger partial charge is 0.303 e. The van der Waals surface area contributed by atoms with Gasteiger partial charge in [0.15, 0.2) is 0 Å². The number of nitrogens with two attached hydrogens (primary N) is 1. The lowest BCUT2D eigenvalue weighted by atomic mass is 10.0. The van der Waals surface area contributed by atoms with Crippen LogP contribution in [0.15, 0.2) is 21.1 Å². The molecule has 0 fully saturated rings. The van der Waals surface area contributed by atoms with Crippen molar-refractivity contribution in [1.82, 2.24) is 0 Å². The molecule has 3 nitrogen and oxygen atoms in total. The van der Waals surface area contributed by atoms with Crippen LogP contribution in [0.5, 0.6) is 0 Å². The predicted molar refractivity (Wildman–Crippen MR) is 75.0 cm³/mol. The van der Waals surface area contributed by atoms with Crippen molar-refractivity contribution in [2.45, 2.75) is 32.2 Å². The molecule has 17 heavy (non-hydrogen) atoms. The van der Waals surface area contributed by atoms with Crippen LogP contribution in [0, 0.1) is 6.92 Å². The van der Waals surface area contributed by atoms with E-state index in [1.807, 2.05) is 19.1 Å². The normalized spacial score (nSPS) is 12.5. The van der Waals surface area contributed by atoms with Crippen molar-refractivity contribution in [3.8, 4) is 0 Å². The van der Waals surface area contributed by atoms with Crippen molar-refractivity contribution in [3.63, 3.8) is 0 Å². The van der Waals surface area contributed by atoms with Gasteiger partial charge in [-0.15, -0.1) is 0 Å². The molecule has 1 atom stereocenters. The van der Waals surface area contributed by atoms with Gasteiger partial charge in [0.05, 0.1) is 0 Å². The Morgan fingerprint density at radius 1 is 1.41 bits per heavy atom. The highest BCUT2D eigenvalue weighted by Gasteiger charge is 2.12. The van der Waals surface area contributed by atoms with E-state index in [1.54, 1.807) is 0 Å². The number of benzene rings is 1. The fraction of sp³-hybridized carbons (Fsp3) is 0.417. The van der Waals surface area contributed by atoms with Crippen LogP contribution in [0.25, 0.3) is 0 Å². The van der Waals surface area contributed by atoms with Crippen LogP contribution >= 0.6 is 31.9 Å². The lowest BCUT2D eigenvalue weighted by Gasteiger charge is -2.15. The molecule has 0 amide bonds. The highest BCUT2D eigenvalue weighted by atomic mass is 79.9. The van der Waals surface area contributed by atoms with E-state index >= 15 is 0 Å². The van der Waals surface area contributed by atoms with E-state index < -0.39 is 5.97 Å². The lowest BCUT2D eigenvalue weighted by Crippen LogP contribution is -2.12. The summed E-state index contributed by atoms with van der Waals surface area (Å²) in [6, 6.07) is 3.86. The molecule has 1 unspecified atom stereocenters. The van der Waals surface area contributed by atoms with Crippen molar-refractivity contribution in [2.24, 2.45) is 5.73 Å². The highest BCUT2D eigenvalue weighted by molar-refractivity contribution is 9.11. The molecule has 1 rings (SSSR count). The molecular formula is C12H15Br2NO2. The van der Waals surface area contributed by atoms with E-state index in [0.29, 0.717) is 12.8 Å². The Morgan fingerprint density at radius 2 is 2.06 bits per heavy atom. The standard InChI is InChI=1S/C12H15Br2NO2/c1-7-5-10(14)8(6-9(7)13)11(15)3-2-4-12(16)17/h5-6,11H,2-4,15H2,1H3,(H,16,17). The van der Waals surface area contributed by atoms with E-state index in [9.17, 15) is 4.79 Å². The van der Waals surface area contributed by atoms with E-state index in [0.717, 1.165) is 20.1 Å². The third-order valence-corrected chi connectivity index (χ3v) is 4.12. The summed E-state index contributed by atoms with van der Waals surface area (Å²) in [5.74, 6) is -0.777. The van der Waals surface area contributed by atoms with Crippen LogP contribution in [0.4, 0.5) is 0 Å². The number of aryl methyl sites for hydroxylation is 1. The van der Waals surface area contributed by atoms with Crippen molar-refractivity contribution in [3.05, 3.63) is 32.2 Å². The number of aliphatic carboxylic acids is 1. The Morgan fingerprint density at radius 3 is 2.65 bits per heavy atom. The Balaban J connectivity index is 2.71. The molecule has 0 bridgehead atoms. The number of halogens is 2. The highest BCUT2D eigenvalue weighted by Crippen LogP contribution is 2.30. The average molecular weight is 365 g/mol. The summed E-state index contributed by atoms with van der Waals surface area (Å²) < 4.78 is 1.99. The van der Waals surface area contributed by atoms with Gasteiger partial charge < -0.3 is 10.8 Å².